The number of carbonyl (C=O) groups is 3. The van der Waals surface area contributed by atoms with Crippen molar-refractivity contribution in [1.82, 2.24) is 10.6 Å². The van der Waals surface area contributed by atoms with Crippen LogP contribution in [-0.4, -0.2) is 56.2 Å². The fourth-order valence-electron chi connectivity index (χ4n) is 7.97. The molecule has 1 aliphatic heterocycles. The fourth-order valence-corrected chi connectivity index (χ4v) is 7.97. The van der Waals surface area contributed by atoms with Gasteiger partial charge < -0.3 is 31.3 Å². The number of hydrogen-bond donors (Lipinski definition) is 4. The van der Waals surface area contributed by atoms with Crippen LogP contribution in [0.3, 0.4) is 0 Å². The van der Waals surface area contributed by atoms with Crippen molar-refractivity contribution in [2.45, 2.75) is 95.1 Å². The van der Waals surface area contributed by atoms with Crippen LogP contribution in [0.1, 0.15) is 94.1 Å². The lowest BCUT2D eigenvalue weighted by molar-refractivity contribution is -0.128. The van der Waals surface area contributed by atoms with E-state index < -0.39 is 18.2 Å². The van der Waals surface area contributed by atoms with Gasteiger partial charge in [-0.15, -0.1) is 0 Å². The molecule has 1 saturated heterocycles. The number of nitrogens with two attached hydrogens (primary N) is 1. The first-order valence-electron chi connectivity index (χ1n) is 18.8. The number of rotatable bonds is 14. The molecule has 2 atom stereocenters. The first-order valence-corrected chi connectivity index (χ1v) is 18.8. The standard InChI is InChI=1S/C41H53N5O4/c42-23-10-9-22-37(39(47)43-30-16-13-17-31(27-30)46-24-11-2-12-25-46)44-40(48)38(26-29-14-3-1-4-15-29)45-41(49)50-28-36-34-20-7-5-18-32(34)33-19-6-8-21-35(33)36/h5-8,13,16-21,27,29,36-38H,1-4,9-12,14-15,22-26,28,42H2,(H,43,47)(H,44,48)(H,45,49)/t37-,38-/m0/s1. The average molecular weight is 680 g/mol. The normalized spacial score (nSPS) is 17.3. The van der Waals surface area contributed by atoms with Gasteiger partial charge in [0, 0.05) is 30.4 Å². The Balaban J connectivity index is 1.13. The van der Waals surface area contributed by atoms with Crippen LogP contribution in [0.5, 0.6) is 0 Å². The van der Waals surface area contributed by atoms with E-state index in [1.165, 1.54) is 12.8 Å². The number of piperidine rings is 1. The number of benzene rings is 3. The van der Waals surface area contributed by atoms with Crippen LogP contribution in [-0.2, 0) is 14.3 Å². The zero-order chi connectivity index (χ0) is 34.7. The number of ether oxygens (including phenoxy) is 1. The molecule has 3 aromatic rings. The van der Waals surface area contributed by atoms with Crippen molar-refractivity contribution in [3.05, 3.63) is 83.9 Å². The molecule has 2 fully saturated rings. The number of nitrogens with zero attached hydrogens (tertiary/aromatic N) is 1. The van der Waals surface area contributed by atoms with Crippen molar-refractivity contribution in [2.75, 3.05) is 36.5 Å². The van der Waals surface area contributed by atoms with Gasteiger partial charge in [-0.2, -0.15) is 0 Å². The Morgan fingerprint density at radius 2 is 1.44 bits per heavy atom. The number of hydrogen-bond acceptors (Lipinski definition) is 6. The molecule has 6 rings (SSSR count). The molecule has 50 heavy (non-hydrogen) atoms. The van der Waals surface area contributed by atoms with Crippen LogP contribution in [0.4, 0.5) is 16.2 Å². The first kappa shape index (κ1) is 35.5. The van der Waals surface area contributed by atoms with Crippen molar-refractivity contribution in [3.8, 4) is 11.1 Å². The minimum atomic E-state index is -0.819. The molecule has 0 unspecified atom stereocenters. The molecule has 9 heteroatoms. The quantitative estimate of drug-likeness (QED) is 0.135. The van der Waals surface area contributed by atoms with Crippen LogP contribution >= 0.6 is 0 Å². The summed E-state index contributed by atoms with van der Waals surface area (Å²) >= 11 is 0. The van der Waals surface area contributed by atoms with Gasteiger partial charge in [0.1, 0.15) is 18.7 Å². The molecule has 0 radical (unpaired) electrons. The molecule has 5 N–H and O–H groups in total. The Kier molecular flexibility index (Phi) is 12.4. The molecular formula is C41H53N5O4. The molecule has 3 amide bonds. The van der Waals surface area contributed by atoms with Crippen LogP contribution in [0.25, 0.3) is 11.1 Å². The summed E-state index contributed by atoms with van der Waals surface area (Å²) < 4.78 is 5.85. The van der Waals surface area contributed by atoms with E-state index in [1.54, 1.807) is 0 Å². The third-order valence-electron chi connectivity index (χ3n) is 10.7. The average Bonchev–Trinajstić information content (AvgIpc) is 3.47. The Morgan fingerprint density at radius 1 is 0.760 bits per heavy atom. The second kappa shape index (κ2) is 17.5. The van der Waals surface area contributed by atoms with E-state index in [1.807, 2.05) is 42.5 Å². The number of carbonyl (C=O) groups excluding carboxylic acids is 3. The second-order valence-electron chi connectivity index (χ2n) is 14.2. The number of fused-ring (bicyclic) bond motifs is 3. The van der Waals surface area contributed by atoms with E-state index >= 15 is 0 Å². The number of nitrogens with one attached hydrogen (secondary N) is 3. The third-order valence-corrected chi connectivity index (χ3v) is 10.7. The van der Waals surface area contributed by atoms with E-state index in [0.29, 0.717) is 37.4 Å². The first-order chi connectivity index (χ1) is 24.5. The SMILES string of the molecule is NCCCC[C@H](NC(=O)[C@H](CC1CCCCC1)NC(=O)OCC1c2ccccc2-c2ccccc21)C(=O)Nc1cccc(N2CCCCC2)c1. The van der Waals surface area contributed by atoms with Gasteiger partial charge in [-0.25, -0.2) is 4.79 Å². The highest BCUT2D eigenvalue weighted by molar-refractivity contribution is 5.98. The molecule has 9 nitrogen and oxygen atoms in total. The number of anilines is 2. The molecule has 0 aromatic heterocycles. The van der Waals surface area contributed by atoms with E-state index in [0.717, 1.165) is 86.0 Å². The maximum absolute atomic E-state index is 14.0. The van der Waals surface area contributed by atoms with Crippen LogP contribution in [0.15, 0.2) is 72.8 Å². The Hall–Kier alpha value is -4.37. The number of alkyl carbamates (subject to hydrolysis) is 1. The largest absolute Gasteiger partial charge is 0.449 e. The van der Waals surface area contributed by atoms with Gasteiger partial charge in [0.25, 0.3) is 0 Å². The monoisotopic (exact) mass is 679 g/mol. The van der Waals surface area contributed by atoms with Crippen molar-refractivity contribution in [3.63, 3.8) is 0 Å². The zero-order valence-electron chi connectivity index (χ0n) is 29.2. The summed E-state index contributed by atoms with van der Waals surface area (Å²) in [5.41, 5.74) is 12.1. The number of unbranched alkanes of at least 4 members (excludes halogenated alkanes) is 1. The van der Waals surface area contributed by atoms with Crippen molar-refractivity contribution in [1.29, 1.82) is 0 Å². The molecule has 266 valence electrons. The van der Waals surface area contributed by atoms with Gasteiger partial charge in [-0.1, -0.05) is 86.7 Å². The summed E-state index contributed by atoms with van der Waals surface area (Å²) in [5.74, 6) is -0.402. The molecule has 0 spiro atoms. The Bertz CT molecular complexity index is 1550. The molecule has 0 bridgehead atoms. The van der Waals surface area contributed by atoms with Gasteiger partial charge in [0.15, 0.2) is 0 Å². The minimum Gasteiger partial charge on any atom is -0.449 e. The summed E-state index contributed by atoms with van der Waals surface area (Å²) in [6.45, 7) is 2.69. The lowest BCUT2D eigenvalue weighted by atomic mass is 9.84. The summed E-state index contributed by atoms with van der Waals surface area (Å²) in [6.07, 6.45) is 10.8. The van der Waals surface area contributed by atoms with Crippen molar-refractivity contribution < 1.29 is 19.1 Å². The predicted octanol–water partition coefficient (Wildman–Crippen LogP) is 7.11. The van der Waals surface area contributed by atoms with Gasteiger partial charge in [-0.3, -0.25) is 9.59 Å². The zero-order valence-corrected chi connectivity index (χ0v) is 29.2. The topological polar surface area (TPSA) is 126 Å². The highest BCUT2D eigenvalue weighted by Crippen LogP contribution is 2.44. The maximum Gasteiger partial charge on any atom is 0.407 e. The smallest absolute Gasteiger partial charge is 0.407 e. The van der Waals surface area contributed by atoms with E-state index in [2.05, 4.69) is 51.2 Å². The molecule has 3 aliphatic rings. The summed E-state index contributed by atoms with van der Waals surface area (Å²) in [5, 5.41) is 8.99. The third kappa shape index (κ3) is 9.04. The fraction of sp³-hybridized carbons (Fsp3) is 0.488. The lowest BCUT2D eigenvalue weighted by Crippen LogP contribution is -2.53. The molecular weight excluding hydrogens is 626 g/mol. The highest BCUT2D eigenvalue weighted by Gasteiger charge is 2.32. The van der Waals surface area contributed by atoms with Crippen LogP contribution in [0.2, 0.25) is 0 Å². The number of amides is 3. The van der Waals surface area contributed by atoms with Gasteiger partial charge in [0.05, 0.1) is 0 Å². The summed E-state index contributed by atoms with van der Waals surface area (Å²) in [4.78, 5) is 43.5. The molecule has 1 saturated carbocycles. The summed E-state index contributed by atoms with van der Waals surface area (Å²) in [6, 6.07) is 22.8. The lowest BCUT2D eigenvalue weighted by Gasteiger charge is -2.29. The summed E-state index contributed by atoms with van der Waals surface area (Å²) in [7, 11) is 0. The second-order valence-corrected chi connectivity index (χ2v) is 14.2. The maximum atomic E-state index is 14.0. The van der Waals surface area contributed by atoms with E-state index in [9.17, 15) is 14.4 Å². The Labute approximate surface area is 296 Å². The van der Waals surface area contributed by atoms with E-state index in [-0.39, 0.29) is 24.3 Å². The van der Waals surface area contributed by atoms with Crippen LogP contribution in [0, 0.1) is 5.92 Å². The minimum absolute atomic E-state index is 0.0807. The molecule has 1 heterocycles. The Morgan fingerprint density at radius 3 is 2.14 bits per heavy atom. The van der Waals surface area contributed by atoms with Gasteiger partial charge in [-0.05, 0) is 97.9 Å². The van der Waals surface area contributed by atoms with Crippen molar-refractivity contribution in [2.24, 2.45) is 11.7 Å². The van der Waals surface area contributed by atoms with Crippen molar-refractivity contribution >= 4 is 29.3 Å². The van der Waals surface area contributed by atoms with E-state index in [4.69, 9.17) is 10.5 Å². The molecule has 2 aliphatic carbocycles. The van der Waals surface area contributed by atoms with Crippen LogP contribution < -0.4 is 26.6 Å². The predicted molar refractivity (Wildman–Crippen MR) is 199 cm³/mol. The van der Waals surface area contributed by atoms with Gasteiger partial charge >= 0.3 is 6.09 Å². The molecule has 3 aromatic carbocycles. The van der Waals surface area contributed by atoms with Gasteiger partial charge in [0.2, 0.25) is 11.8 Å². The highest BCUT2D eigenvalue weighted by atomic mass is 16.5.